The van der Waals surface area contributed by atoms with Crippen molar-refractivity contribution in [2.24, 2.45) is 0 Å². The van der Waals surface area contributed by atoms with E-state index in [0.717, 1.165) is 62.9 Å². The molecule has 30 heavy (non-hydrogen) atoms. The highest BCUT2D eigenvalue weighted by Crippen LogP contribution is 2.30. The number of carbonyl (C=O) groups is 1. The van der Waals surface area contributed by atoms with Gasteiger partial charge in [0.05, 0.1) is 11.3 Å². The molecule has 0 unspecified atom stereocenters. The van der Waals surface area contributed by atoms with Crippen molar-refractivity contribution in [3.63, 3.8) is 0 Å². The Bertz CT molecular complexity index is 1030. The van der Waals surface area contributed by atoms with Gasteiger partial charge in [-0.2, -0.15) is 0 Å². The van der Waals surface area contributed by atoms with Crippen molar-refractivity contribution in [2.75, 3.05) is 42.5 Å². The van der Waals surface area contributed by atoms with E-state index in [1.165, 1.54) is 5.56 Å². The molecule has 2 aromatic heterocycles. The van der Waals surface area contributed by atoms with Crippen molar-refractivity contribution in [1.29, 1.82) is 0 Å². The molecule has 0 saturated carbocycles. The molecule has 4 heterocycles. The monoisotopic (exact) mass is 399 g/mol. The number of fused-ring (bicyclic) bond motifs is 1. The zero-order valence-corrected chi connectivity index (χ0v) is 16.9. The summed E-state index contributed by atoms with van der Waals surface area (Å²) in [7, 11) is 0. The number of anilines is 2. The Morgan fingerprint density at radius 2 is 1.63 bits per heavy atom. The maximum atomic E-state index is 13.4. The molecule has 1 fully saturated rings. The number of nitrogens with zero attached hydrogens (tertiary/aromatic N) is 5. The Kier molecular flexibility index (Phi) is 5.15. The number of para-hydroxylation sites is 1. The average Bonchev–Trinajstić information content (AvgIpc) is 3.24. The van der Waals surface area contributed by atoms with Crippen LogP contribution in [-0.4, -0.2) is 53.5 Å². The molecular formula is C24H25N5O. The lowest BCUT2D eigenvalue weighted by atomic mass is 10.1. The fourth-order valence-electron chi connectivity index (χ4n) is 4.35. The number of carbonyl (C=O) groups excluding carboxylic acids is 1. The lowest BCUT2D eigenvalue weighted by Gasteiger charge is -2.36. The molecule has 6 nitrogen and oxygen atoms in total. The van der Waals surface area contributed by atoms with Crippen molar-refractivity contribution in [3.05, 3.63) is 83.8 Å². The van der Waals surface area contributed by atoms with Gasteiger partial charge in [-0.1, -0.05) is 24.3 Å². The fourth-order valence-corrected chi connectivity index (χ4v) is 4.35. The third kappa shape index (κ3) is 3.66. The molecule has 1 aromatic carbocycles. The predicted molar refractivity (Wildman–Crippen MR) is 118 cm³/mol. The molecule has 2 aliphatic heterocycles. The van der Waals surface area contributed by atoms with Crippen LogP contribution in [0.25, 0.3) is 0 Å². The van der Waals surface area contributed by atoms with Gasteiger partial charge in [0.1, 0.15) is 5.82 Å². The van der Waals surface area contributed by atoms with E-state index in [1.807, 2.05) is 53.6 Å². The third-order valence-corrected chi connectivity index (χ3v) is 5.93. The minimum Gasteiger partial charge on any atom is -0.353 e. The van der Waals surface area contributed by atoms with Crippen LogP contribution in [0.1, 0.15) is 21.6 Å². The molecule has 1 amide bonds. The number of hydrogen-bond acceptors (Lipinski definition) is 5. The quantitative estimate of drug-likeness (QED) is 0.675. The molecule has 6 heteroatoms. The van der Waals surface area contributed by atoms with Crippen LogP contribution in [0.2, 0.25) is 0 Å². The molecule has 3 aromatic rings. The van der Waals surface area contributed by atoms with Crippen LogP contribution >= 0.6 is 0 Å². The minimum atomic E-state index is 0.0407. The number of benzene rings is 1. The van der Waals surface area contributed by atoms with Crippen LogP contribution in [-0.2, 0) is 13.0 Å². The second kappa shape index (κ2) is 8.24. The van der Waals surface area contributed by atoms with Gasteiger partial charge in [0, 0.05) is 57.3 Å². The van der Waals surface area contributed by atoms with Gasteiger partial charge in [-0.05, 0) is 42.3 Å². The number of piperazine rings is 1. The normalized spacial score (nSPS) is 16.5. The summed E-state index contributed by atoms with van der Waals surface area (Å²) in [6.45, 7) is 5.12. The first-order valence-electron chi connectivity index (χ1n) is 10.5. The molecule has 0 atom stereocenters. The molecular weight excluding hydrogens is 374 g/mol. The van der Waals surface area contributed by atoms with E-state index in [1.54, 1.807) is 6.20 Å². The van der Waals surface area contributed by atoms with Crippen molar-refractivity contribution < 1.29 is 4.79 Å². The van der Waals surface area contributed by atoms with E-state index in [0.29, 0.717) is 5.56 Å². The highest BCUT2D eigenvalue weighted by molar-refractivity contribution is 6.10. The lowest BCUT2D eigenvalue weighted by molar-refractivity contribution is 0.0989. The Labute approximate surface area is 176 Å². The Morgan fingerprint density at radius 3 is 2.47 bits per heavy atom. The Morgan fingerprint density at radius 1 is 0.833 bits per heavy atom. The summed E-state index contributed by atoms with van der Waals surface area (Å²) < 4.78 is 0. The van der Waals surface area contributed by atoms with E-state index >= 15 is 0 Å². The fraction of sp³-hybridized carbons (Fsp3) is 0.292. The molecule has 5 rings (SSSR count). The first kappa shape index (κ1) is 18.8. The summed E-state index contributed by atoms with van der Waals surface area (Å²) >= 11 is 0. The average molecular weight is 399 g/mol. The highest BCUT2D eigenvalue weighted by atomic mass is 16.2. The number of rotatable bonds is 4. The minimum absolute atomic E-state index is 0.0407. The topological polar surface area (TPSA) is 52.6 Å². The maximum Gasteiger partial charge on any atom is 0.262 e. The van der Waals surface area contributed by atoms with Crippen molar-refractivity contribution >= 4 is 17.4 Å². The van der Waals surface area contributed by atoms with Gasteiger partial charge < -0.3 is 9.80 Å². The van der Waals surface area contributed by atoms with Gasteiger partial charge in [0.15, 0.2) is 0 Å². The van der Waals surface area contributed by atoms with Gasteiger partial charge in [0.25, 0.3) is 5.91 Å². The van der Waals surface area contributed by atoms with Crippen LogP contribution in [0, 0.1) is 0 Å². The zero-order valence-electron chi connectivity index (χ0n) is 16.9. The van der Waals surface area contributed by atoms with Crippen molar-refractivity contribution in [1.82, 2.24) is 14.9 Å². The third-order valence-electron chi connectivity index (χ3n) is 5.93. The predicted octanol–water partition coefficient (Wildman–Crippen LogP) is 3.00. The number of hydrogen-bond donors (Lipinski definition) is 0. The number of aromatic nitrogens is 2. The first-order chi connectivity index (χ1) is 14.8. The summed E-state index contributed by atoms with van der Waals surface area (Å²) in [5.74, 6) is 0.836. The summed E-state index contributed by atoms with van der Waals surface area (Å²) in [6.07, 6.45) is 4.53. The first-order valence-corrected chi connectivity index (χ1v) is 10.5. The van der Waals surface area contributed by atoms with Gasteiger partial charge in [-0.3, -0.25) is 14.7 Å². The lowest BCUT2D eigenvalue weighted by Crippen LogP contribution is -2.47. The molecule has 0 spiro atoms. The van der Waals surface area contributed by atoms with Crippen LogP contribution < -0.4 is 9.80 Å². The van der Waals surface area contributed by atoms with Crippen LogP contribution in [0.3, 0.4) is 0 Å². The van der Waals surface area contributed by atoms with Gasteiger partial charge in [-0.15, -0.1) is 0 Å². The molecule has 1 saturated heterocycles. The number of amides is 1. The van der Waals surface area contributed by atoms with Gasteiger partial charge in [-0.25, -0.2) is 4.98 Å². The van der Waals surface area contributed by atoms with Crippen LogP contribution in [0.4, 0.5) is 11.5 Å². The largest absolute Gasteiger partial charge is 0.353 e. The highest BCUT2D eigenvalue weighted by Gasteiger charge is 2.29. The van der Waals surface area contributed by atoms with Crippen LogP contribution in [0.15, 0.2) is 67.0 Å². The smallest absolute Gasteiger partial charge is 0.262 e. The van der Waals surface area contributed by atoms with E-state index in [9.17, 15) is 4.79 Å². The summed E-state index contributed by atoms with van der Waals surface area (Å²) in [5.41, 5.74) is 4.04. The molecule has 0 radical (unpaired) electrons. The molecule has 2 aliphatic rings. The van der Waals surface area contributed by atoms with Crippen molar-refractivity contribution in [2.45, 2.75) is 13.0 Å². The molecule has 152 valence electrons. The maximum absolute atomic E-state index is 13.4. The number of pyridine rings is 2. The van der Waals surface area contributed by atoms with E-state index < -0.39 is 0 Å². The Hall–Kier alpha value is -3.25. The van der Waals surface area contributed by atoms with E-state index in [-0.39, 0.29) is 5.91 Å². The summed E-state index contributed by atoms with van der Waals surface area (Å²) in [5, 5.41) is 0. The molecule has 0 bridgehead atoms. The van der Waals surface area contributed by atoms with Gasteiger partial charge >= 0.3 is 0 Å². The van der Waals surface area contributed by atoms with Crippen LogP contribution in [0.5, 0.6) is 0 Å². The SMILES string of the molecule is O=C(c1cccnc1N1CCN(Cc2ccccn2)CC1)N1CCc2ccccc21. The second-order valence-corrected chi connectivity index (χ2v) is 7.79. The molecule has 0 N–H and O–H groups in total. The van der Waals surface area contributed by atoms with Crippen molar-refractivity contribution in [3.8, 4) is 0 Å². The summed E-state index contributed by atoms with van der Waals surface area (Å²) in [4.78, 5) is 29.0. The van der Waals surface area contributed by atoms with Gasteiger partial charge in [0.2, 0.25) is 0 Å². The van der Waals surface area contributed by atoms with E-state index in [4.69, 9.17) is 0 Å². The van der Waals surface area contributed by atoms with E-state index in [2.05, 4.69) is 31.9 Å². The molecule has 0 aliphatic carbocycles. The standard InChI is InChI=1S/C24H25N5O/c30-24(29-13-10-19-6-1-2-9-22(19)29)21-8-5-12-26-23(21)28-16-14-27(15-17-28)18-20-7-3-4-11-25-20/h1-9,11-12H,10,13-18H2. The zero-order chi connectivity index (χ0) is 20.3. The summed E-state index contributed by atoms with van der Waals surface area (Å²) in [6, 6.07) is 18.0. The second-order valence-electron chi connectivity index (χ2n) is 7.79. The Balaban J connectivity index is 1.31.